The zero-order valence-corrected chi connectivity index (χ0v) is 11.3. The molecule has 4 nitrogen and oxygen atoms in total. The van der Waals surface area contributed by atoms with E-state index in [1.807, 2.05) is 19.2 Å². The summed E-state index contributed by atoms with van der Waals surface area (Å²) in [7, 11) is 2.15. The van der Waals surface area contributed by atoms with Gasteiger partial charge in [-0.15, -0.1) is 0 Å². The Labute approximate surface area is 109 Å². The van der Waals surface area contributed by atoms with Gasteiger partial charge in [-0.3, -0.25) is 0 Å². The van der Waals surface area contributed by atoms with Crippen LogP contribution in [0.2, 0.25) is 0 Å². The Morgan fingerprint density at radius 1 is 1.50 bits per heavy atom. The van der Waals surface area contributed by atoms with E-state index in [1.165, 1.54) is 12.0 Å². The standard InChI is InChI=1S/C14H22N2O2/c1-3-18-14-5-4-12(8-15-14)9-16(2)10-13-6-7-17-11-13/h4-5,8,13H,3,6-7,9-11H2,1-2H3/t13-/m1/s1. The average molecular weight is 250 g/mol. The summed E-state index contributed by atoms with van der Waals surface area (Å²) < 4.78 is 10.7. The van der Waals surface area contributed by atoms with Crippen molar-refractivity contribution in [2.75, 3.05) is 33.4 Å². The minimum absolute atomic E-state index is 0.661. The van der Waals surface area contributed by atoms with Crippen LogP contribution in [-0.2, 0) is 11.3 Å². The van der Waals surface area contributed by atoms with Crippen molar-refractivity contribution in [1.82, 2.24) is 9.88 Å². The van der Waals surface area contributed by atoms with E-state index in [0.29, 0.717) is 18.4 Å². The molecule has 1 saturated heterocycles. The predicted molar refractivity (Wildman–Crippen MR) is 70.7 cm³/mol. The van der Waals surface area contributed by atoms with Crippen molar-refractivity contribution in [3.63, 3.8) is 0 Å². The summed E-state index contributed by atoms with van der Waals surface area (Å²) in [5, 5.41) is 0. The normalized spacial score (nSPS) is 19.4. The van der Waals surface area contributed by atoms with Crippen LogP contribution in [0.25, 0.3) is 0 Å². The molecule has 0 N–H and O–H groups in total. The molecular weight excluding hydrogens is 228 g/mol. The zero-order valence-electron chi connectivity index (χ0n) is 11.3. The summed E-state index contributed by atoms with van der Waals surface area (Å²) in [5.41, 5.74) is 1.22. The van der Waals surface area contributed by atoms with Crippen molar-refractivity contribution in [3.8, 4) is 5.88 Å². The van der Waals surface area contributed by atoms with E-state index >= 15 is 0 Å². The van der Waals surface area contributed by atoms with E-state index in [-0.39, 0.29) is 0 Å². The van der Waals surface area contributed by atoms with E-state index in [4.69, 9.17) is 9.47 Å². The smallest absolute Gasteiger partial charge is 0.213 e. The maximum Gasteiger partial charge on any atom is 0.213 e. The third kappa shape index (κ3) is 3.96. The molecule has 1 aromatic rings. The van der Waals surface area contributed by atoms with Crippen LogP contribution in [0.5, 0.6) is 5.88 Å². The Balaban J connectivity index is 1.80. The number of ether oxygens (including phenoxy) is 2. The average Bonchev–Trinajstić information content (AvgIpc) is 2.84. The molecule has 0 bridgehead atoms. The molecule has 0 saturated carbocycles. The van der Waals surface area contributed by atoms with Gasteiger partial charge in [-0.1, -0.05) is 6.07 Å². The van der Waals surface area contributed by atoms with Gasteiger partial charge < -0.3 is 14.4 Å². The number of hydrogen-bond donors (Lipinski definition) is 0. The first-order chi connectivity index (χ1) is 8.78. The Morgan fingerprint density at radius 2 is 2.39 bits per heavy atom. The minimum atomic E-state index is 0.661. The molecule has 0 unspecified atom stereocenters. The monoisotopic (exact) mass is 250 g/mol. The van der Waals surface area contributed by atoms with E-state index in [0.717, 1.165) is 26.3 Å². The fraction of sp³-hybridized carbons (Fsp3) is 0.643. The summed E-state index contributed by atoms with van der Waals surface area (Å²) >= 11 is 0. The molecule has 2 rings (SSSR count). The molecule has 1 aliphatic rings. The van der Waals surface area contributed by atoms with E-state index < -0.39 is 0 Å². The Bertz CT molecular complexity index is 347. The van der Waals surface area contributed by atoms with Crippen molar-refractivity contribution < 1.29 is 9.47 Å². The third-order valence-electron chi connectivity index (χ3n) is 3.14. The fourth-order valence-corrected chi connectivity index (χ4v) is 2.28. The molecule has 4 heteroatoms. The van der Waals surface area contributed by atoms with Crippen molar-refractivity contribution >= 4 is 0 Å². The van der Waals surface area contributed by atoms with Gasteiger partial charge in [0.15, 0.2) is 0 Å². The lowest BCUT2D eigenvalue weighted by atomic mass is 10.1. The summed E-state index contributed by atoms with van der Waals surface area (Å²) in [4.78, 5) is 6.61. The van der Waals surface area contributed by atoms with Gasteiger partial charge in [0.05, 0.1) is 13.2 Å². The molecule has 0 spiro atoms. The summed E-state index contributed by atoms with van der Waals surface area (Å²) in [6.45, 7) is 6.47. The molecule has 1 aliphatic heterocycles. The second kappa shape index (κ2) is 6.71. The van der Waals surface area contributed by atoms with E-state index in [9.17, 15) is 0 Å². The second-order valence-electron chi connectivity index (χ2n) is 4.86. The first-order valence-electron chi connectivity index (χ1n) is 6.62. The van der Waals surface area contributed by atoms with Crippen LogP contribution in [0.15, 0.2) is 18.3 Å². The highest BCUT2D eigenvalue weighted by Crippen LogP contribution is 2.15. The van der Waals surface area contributed by atoms with Gasteiger partial charge in [-0.2, -0.15) is 0 Å². The molecule has 0 radical (unpaired) electrons. The molecular formula is C14H22N2O2. The van der Waals surface area contributed by atoms with Gasteiger partial charge in [-0.25, -0.2) is 4.98 Å². The summed E-state index contributed by atoms with van der Waals surface area (Å²) in [6, 6.07) is 4.02. The topological polar surface area (TPSA) is 34.6 Å². The van der Waals surface area contributed by atoms with Crippen LogP contribution in [0.1, 0.15) is 18.9 Å². The number of aromatic nitrogens is 1. The maximum absolute atomic E-state index is 5.40. The molecule has 1 fully saturated rings. The molecule has 0 aliphatic carbocycles. The Kier molecular flexibility index (Phi) is 4.96. The number of hydrogen-bond acceptors (Lipinski definition) is 4. The van der Waals surface area contributed by atoms with Crippen LogP contribution >= 0.6 is 0 Å². The lowest BCUT2D eigenvalue weighted by molar-refractivity contribution is 0.173. The van der Waals surface area contributed by atoms with Crippen LogP contribution < -0.4 is 4.74 Å². The van der Waals surface area contributed by atoms with Gasteiger partial charge in [0, 0.05) is 32.0 Å². The predicted octanol–water partition coefficient (Wildman–Crippen LogP) is 1.95. The van der Waals surface area contributed by atoms with Gasteiger partial charge in [-0.05, 0) is 31.9 Å². The van der Waals surface area contributed by atoms with Crippen LogP contribution in [0.4, 0.5) is 0 Å². The highest BCUT2D eigenvalue weighted by atomic mass is 16.5. The lowest BCUT2D eigenvalue weighted by Crippen LogP contribution is -2.25. The van der Waals surface area contributed by atoms with Crippen molar-refractivity contribution in [1.29, 1.82) is 0 Å². The van der Waals surface area contributed by atoms with Crippen LogP contribution in [0.3, 0.4) is 0 Å². The van der Waals surface area contributed by atoms with Crippen molar-refractivity contribution in [2.45, 2.75) is 19.9 Å². The first kappa shape index (κ1) is 13.3. The Hall–Kier alpha value is -1.13. The minimum Gasteiger partial charge on any atom is -0.478 e. The highest BCUT2D eigenvalue weighted by Gasteiger charge is 2.17. The summed E-state index contributed by atoms with van der Waals surface area (Å²) in [5.74, 6) is 1.39. The van der Waals surface area contributed by atoms with Crippen LogP contribution in [-0.4, -0.2) is 43.3 Å². The van der Waals surface area contributed by atoms with Gasteiger partial charge in [0.2, 0.25) is 5.88 Å². The van der Waals surface area contributed by atoms with Gasteiger partial charge in [0.25, 0.3) is 0 Å². The van der Waals surface area contributed by atoms with Crippen molar-refractivity contribution in [3.05, 3.63) is 23.9 Å². The number of nitrogens with zero attached hydrogens (tertiary/aromatic N) is 2. The zero-order chi connectivity index (χ0) is 12.8. The molecule has 2 heterocycles. The van der Waals surface area contributed by atoms with Gasteiger partial charge >= 0.3 is 0 Å². The SMILES string of the molecule is CCOc1ccc(CN(C)C[C@H]2CCOC2)cn1. The molecule has 100 valence electrons. The summed E-state index contributed by atoms with van der Waals surface area (Å²) in [6.07, 6.45) is 3.08. The van der Waals surface area contributed by atoms with E-state index in [2.05, 4.69) is 23.0 Å². The molecule has 0 aromatic carbocycles. The third-order valence-corrected chi connectivity index (χ3v) is 3.14. The van der Waals surface area contributed by atoms with E-state index in [1.54, 1.807) is 0 Å². The fourth-order valence-electron chi connectivity index (χ4n) is 2.28. The lowest BCUT2D eigenvalue weighted by Gasteiger charge is -2.19. The molecule has 0 amide bonds. The molecule has 1 aromatic heterocycles. The number of rotatable bonds is 6. The molecule has 1 atom stereocenters. The highest BCUT2D eigenvalue weighted by molar-refractivity contribution is 5.17. The maximum atomic E-state index is 5.40. The molecule has 18 heavy (non-hydrogen) atoms. The van der Waals surface area contributed by atoms with Gasteiger partial charge in [0.1, 0.15) is 0 Å². The van der Waals surface area contributed by atoms with Crippen LogP contribution in [0, 0.1) is 5.92 Å². The largest absolute Gasteiger partial charge is 0.478 e. The second-order valence-corrected chi connectivity index (χ2v) is 4.86. The number of pyridine rings is 1. The Morgan fingerprint density at radius 3 is 3.00 bits per heavy atom. The quantitative estimate of drug-likeness (QED) is 0.773. The first-order valence-corrected chi connectivity index (χ1v) is 6.62. The van der Waals surface area contributed by atoms with Crippen molar-refractivity contribution in [2.24, 2.45) is 5.92 Å².